The fraction of sp³-hybridized carbons (Fsp3) is 0.250. The number of amides is 2. The van der Waals surface area contributed by atoms with Crippen molar-refractivity contribution in [3.63, 3.8) is 0 Å². The monoisotopic (exact) mass is 523 g/mol. The number of fused-ring (bicyclic) bond motifs is 1. The van der Waals surface area contributed by atoms with E-state index in [4.69, 9.17) is 16.3 Å². The number of hydrogen-bond acceptors (Lipinski definition) is 9. The largest absolute Gasteiger partial charge is 0.496 e. The second-order valence-electron chi connectivity index (χ2n) is 8.28. The fourth-order valence-electron chi connectivity index (χ4n) is 3.89. The number of nitrogens with one attached hydrogen (secondary N) is 1. The molecule has 0 bridgehead atoms. The number of carbonyl (C=O) groups excluding carboxylic acids is 2. The molecule has 1 aliphatic rings. The summed E-state index contributed by atoms with van der Waals surface area (Å²) < 4.78 is 5.50. The maximum atomic E-state index is 13.3. The summed E-state index contributed by atoms with van der Waals surface area (Å²) in [6, 6.07) is 7.05. The normalized spacial score (nSPS) is 13.8. The van der Waals surface area contributed by atoms with Gasteiger partial charge in [0.25, 0.3) is 5.91 Å². The van der Waals surface area contributed by atoms with Crippen molar-refractivity contribution >= 4 is 56.2 Å². The first-order valence-corrected chi connectivity index (χ1v) is 12.3. The molecule has 0 unspecified atom stereocenters. The number of aryl methyl sites for hydroxylation is 1. The number of thiazole rings is 1. The first-order chi connectivity index (χ1) is 17.3. The average molecular weight is 524 g/mol. The summed E-state index contributed by atoms with van der Waals surface area (Å²) in [5.74, 6) is 0.827. The molecule has 5 rings (SSSR count). The third kappa shape index (κ3) is 4.67. The number of hydrogen-bond donors (Lipinski definition) is 1. The number of methoxy groups -OCH3 is 1. The summed E-state index contributed by atoms with van der Waals surface area (Å²) in [7, 11) is 3.35. The number of rotatable bonds is 5. The molecular weight excluding hydrogens is 502 g/mol. The van der Waals surface area contributed by atoms with Gasteiger partial charge in [-0.25, -0.2) is 9.97 Å². The molecule has 1 fully saturated rings. The van der Waals surface area contributed by atoms with Crippen LogP contribution in [0.5, 0.6) is 5.75 Å². The second kappa shape index (κ2) is 9.67. The van der Waals surface area contributed by atoms with Crippen LogP contribution in [0.25, 0.3) is 21.6 Å². The quantitative estimate of drug-likeness (QED) is 0.421. The number of ether oxygens (including phenoxy) is 1. The Kier molecular flexibility index (Phi) is 6.42. The number of halogens is 1. The molecule has 184 valence electrons. The summed E-state index contributed by atoms with van der Waals surface area (Å²) in [5, 5.41) is 3.72. The Labute approximate surface area is 215 Å². The number of piperazine rings is 1. The highest BCUT2D eigenvalue weighted by atomic mass is 35.5. The molecule has 12 heteroatoms. The number of pyridine rings is 1. The number of carbonyl (C=O) groups is 2. The van der Waals surface area contributed by atoms with Crippen molar-refractivity contribution in [2.45, 2.75) is 6.92 Å². The molecule has 3 aromatic heterocycles. The molecule has 1 saturated heterocycles. The zero-order chi connectivity index (χ0) is 25.4. The van der Waals surface area contributed by atoms with Gasteiger partial charge in [0.2, 0.25) is 5.91 Å². The molecule has 1 aliphatic heterocycles. The van der Waals surface area contributed by atoms with Crippen molar-refractivity contribution in [1.82, 2.24) is 24.8 Å². The lowest BCUT2D eigenvalue weighted by Gasteiger charge is -2.32. The van der Waals surface area contributed by atoms with E-state index in [0.29, 0.717) is 62.0 Å². The van der Waals surface area contributed by atoms with Gasteiger partial charge in [0.1, 0.15) is 11.6 Å². The highest BCUT2D eigenvalue weighted by Crippen LogP contribution is 2.35. The van der Waals surface area contributed by atoms with Crippen molar-refractivity contribution in [3.8, 4) is 16.9 Å². The van der Waals surface area contributed by atoms with E-state index in [2.05, 4.69) is 25.3 Å². The molecule has 1 aromatic carbocycles. The molecule has 0 saturated carbocycles. The van der Waals surface area contributed by atoms with Crippen LogP contribution in [0.3, 0.4) is 0 Å². The molecule has 4 aromatic rings. The second-order valence-corrected chi connectivity index (χ2v) is 9.70. The van der Waals surface area contributed by atoms with Crippen LogP contribution in [-0.2, 0) is 4.79 Å². The van der Waals surface area contributed by atoms with Gasteiger partial charge in [-0.05, 0) is 31.2 Å². The van der Waals surface area contributed by atoms with E-state index in [9.17, 15) is 9.59 Å². The summed E-state index contributed by atoms with van der Waals surface area (Å²) in [6.07, 6.45) is 3.12. The first kappa shape index (κ1) is 23.9. The third-order valence-corrected chi connectivity index (χ3v) is 6.94. The van der Waals surface area contributed by atoms with Crippen molar-refractivity contribution < 1.29 is 14.3 Å². The molecule has 1 N–H and O–H groups in total. The Bertz CT molecular complexity index is 1490. The molecule has 0 atom stereocenters. The summed E-state index contributed by atoms with van der Waals surface area (Å²) in [6.45, 7) is 3.38. The smallest absolute Gasteiger partial charge is 0.259 e. The van der Waals surface area contributed by atoms with Crippen LogP contribution >= 0.6 is 22.9 Å². The minimum atomic E-state index is -0.386. The summed E-state index contributed by atoms with van der Waals surface area (Å²) in [5.41, 5.74) is 2.82. The number of likely N-dealkylation sites (N-methyl/N-ethyl adjacent to an activating group) is 1. The highest BCUT2D eigenvalue weighted by Gasteiger charge is 2.23. The van der Waals surface area contributed by atoms with Crippen LogP contribution in [-0.4, -0.2) is 70.4 Å². The van der Waals surface area contributed by atoms with E-state index in [-0.39, 0.29) is 18.4 Å². The predicted molar refractivity (Wildman–Crippen MR) is 139 cm³/mol. The fourth-order valence-corrected chi connectivity index (χ4v) is 4.85. The number of nitrogens with zero attached hydrogens (tertiary/aromatic N) is 6. The van der Waals surface area contributed by atoms with Crippen LogP contribution < -0.4 is 15.0 Å². The Hall–Kier alpha value is -3.83. The van der Waals surface area contributed by atoms with Gasteiger partial charge >= 0.3 is 0 Å². The van der Waals surface area contributed by atoms with Gasteiger partial charge in [-0.3, -0.25) is 19.9 Å². The number of benzene rings is 1. The van der Waals surface area contributed by atoms with Gasteiger partial charge in [0.15, 0.2) is 15.6 Å². The van der Waals surface area contributed by atoms with Crippen LogP contribution in [0.1, 0.15) is 16.1 Å². The molecule has 4 heterocycles. The van der Waals surface area contributed by atoms with Crippen molar-refractivity contribution in [1.29, 1.82) is 0 Å². The molecular formula is C24H22ClN7O3S. The Balaban J connectivity index is 1.43. The topological polar surface area (TPSA) is 113 Å². The predicted octanol–water partition coefficient (Wildman–Crippen LogP) is 3.65. The van der Waals surface area contributed by atoms with Crippen molar-refractivity contribution in [3.05, 3.63) is 52.9 Å². The van der Waals surface area contributed by atoms with Gasteiger partial charge in [0.05, 0.1) is 25.4 Å². The van der Waals surface area contributed by atoms with Gasteiger partial charge < -0.3 is 14.5 Å². The standard InChI is InChI=1S/C24H22ClN7O3S/c1-13-8-15(16-9-14(25)4-5-18(16)35-3)17(10-26-13)22(34)30-24-29-21-23(36-24)28-19(11-27-21)32-7-6-31(2)20(33)12-32/h4-5,8-11H,6-7,12H2,1-3H3,(H,27,29,30,34). The van der Waals surface area contributed by atoms with Gasteiger partial charge in [0, 0.05) is 48.2 Å². The zero-order valence-corrected chi connectivity index (χ0v) is 21.4. The zero-order valence-electron chi connectivity index (χ0n) is 19.8. The Morgan fingerprint density at radius 3 is 2.75 bits per heavy atom. The van der Waals surface area contributed by atoms with Crippen molar-refractivity contribution in [2.24, 2.45) is 0 Å². The summed E-state index contributed by atoms with van der Waals surface area (Å²) >= 11 is 7.45. The molecule has 10 nitrogen and oxygen atoms in total. The molecule has 0 aliphatic carbocycles. The Morgan fingerprint density at radius 2 is 1.97 bits per heavy atom. The summed E-state index contributed by atoms with van der Waals surface area (Å²) in [4.78, 5) is 47.3. The molecule has 2 amide bonds. The van der Waals surface area contributed by atoms with Gasteiger partial charge in [-0.15, -0.1) is 0 Å². The van der Waals surface area contributed by atoms with E-state index in [1.165, 1.54) is 17.5 Å². The minimum Gasteiger partial charge on any atom is -0.496 e. The highest BCUT2D eigenvalue weighted by molar-refractivity contribution is 7.21. The van der Waals surface area contributed by atoms with Gasteiger partial charge in [-0.1, -0.05) is 22.9 Å². The van der Waals surface area contributed by atoms with E-state index in [1.807, 2.05) is 17.9 Å². The van der Waals surface area contributed by atoms with E-state index >= 15 is 0 Å². The van der Waals surface area contributed by atoms with Crippen LogP contribution in [0.4, 0.5) is 10.9 Å². The molecule has 0 radical (unpaired) electrons. The average Bonchev–Trinajstić information content (AvgIpc) is 3.27. The SMILES string of the molecule is COc1ccc(Cl)cc1-c1cc(C)ncc1C(=O)Nc1nc2ncc(N3CCN(C)C(=O)C3)nc2s1. The molecule has 36 heavy (non-hydrogen) atoms. The lowest BCUT2D eigenvalue weighted by atomic mass is 9.99. The van der Waals surface area contributed by atoms with Crippen LogP contribution in [0.2, 0.25) is 5.02 Å². The molecule has 0 spiro atoms. The number of aromatic nitrogens is 4. The van der Waals surface area contributed by atoms with E-state index in [1.54, 1.807) is 43.5 Å². The maximum Gasteiger partial charge on any atom is 0.259 e. The number of anilines is 2. The Morgan fingerprint density at radius 1 is 1.14 bits per heavy atom. The van der Waals surface area contributed by atoms with E-state index in [0.717, 1.165) is 5.69 Å². The minimum absolute atomic E-state index is 0.0271. The first-order valence-electron chi connectivity index (χ1n) is 11.1. The lowest BCUT2D eigenvalue weighted by Crippen LogP contribution is -2.48. The third-order valence-electron chi connectivity index (χ3n) is 5.85. The maximum absolute atomic E-state index is 13.3. The van der Waals surface area contributed by atoms with Gasteiger partial charge in [-0.2, -0.15) is 4.98 Å². The lowest BCUT2D eigenvalue weighted by molar-refractivity contribution is -0.129. The van der Waals surface area contributed by atoms with Crippen LogP contribution in [0.15, 0.2) is 36.7 Å². The van der Waals surface area contributed by atoms with Crippen LogP contribution in [0, 0.1) is 6.92 Å². The van der Waals surface area contributed by atoms with Crippen molar-refractivity contribution in [2.75, 3.05) is 44.0 Å². The van der Waals surface area contributed by atoms with E-state index < -0.39 is 0 Å².